The summed E-state index contributed by atoms with van der Waals surface area (Å²) in [5, 5.41) is 10.3. The van der Waals surface area contributed by atoms with Crippen molar-refractivity contribution in [2.24, 2.45) is 0 Å². The molecule has 1 aliphatic carbocycles. The van der Waals surface area contributed by atoms with E-state index in [0.717, 1.165) is 67.9 Å². The Morgan fingerprint density at radius 1 is 1.22 bits per heavy atom. The van der Waals surface area contributed by atoms with Crippen molar-refractivity contribution in [2.75, 3.05) is 26.2 Å². The Balaban J connectivity index is 1.58. The number of nitrogens with zero attached hydrogens (tertiary/aromatic N) is 2. The summed E-state index contributed by atoms with van der Waals surface area (Å²) in [5.41, 5.74) is 3.73. The van der Waals surface area contributed by atoms with Crippen molar-refractivity contribution in [3.63, 3.8) is 0 Å². The number of carbonyl (C=O) groups excluding carboxylic acids is 1. The number of ether oxygens (including phenoxy) is 1. The number of carbonyl (C=O) groups is 1. The summed E-state index contributed by atoms with van der Waals surface area (Å²) < 4.78 is 5.97. The minimum Gasteiger partial charge on any atom is -0.492 e. The third-order valence-corrected chi connectivity index (χ3v) is 5.24. The van der Waals surface area contributed by atoms with Gasteiger partial charge >= 0.3 is 0 Å². The molecule has 0 bridgehead atoms. The lowest BCUT2D eigenvalue weighted by Crippen LogP contribution is -2.28. The highest BCUT2D eigenvalue weighted by Gasteiger charge is 2.21. The Morgan fingerprint density at radius 2 is 2.00 bits per heavy atom. The van der Waals surface area contributed by atoms with Crippen LogP contribution in [0.3, 0.4) is 0 Å². The fourth-order valence-electron chi connectivity index (χ4n) is 3.54. The number of fused-ring (bicyclic) bond motifs is 1. The van der Waals surface area contributed by atoms with Crippen LogP contribution in [-0.2, 0) is 19.4 Å². The summed E-state index contributed by atoms with van der Waals surface area (Å²) in [7, 11) is 0. The van der Waals surface area contributed by atoms with E-state index in [0.29, 0.717) is 18.8 Å². The van der Waals surface area contributed by atoms with Crippen molar-refractivity contribution in [1.29, 1.82) is 0 Å². The maximum atomic E-state index is 12.6. The second kappa shape index (κ2) is 9.55. The topological polar surface area (TPSA) is 70.2 Å². The van der Waals surface area contributed by atoms with E-state index in [2.05, 4.69) is 34.3 Å². The van der Waals surface area contributed by atoms with Gasteiger partial charge in [-0.15, -0.1) is 0 Å². The molecule has 1 aromatic heterocycles. The number of likely N-dealkylation sites (N-methyl/N-ethyl adjacent to an activating group) is 1. The molecule has 2 aromatic rings. The lowest BCUT2D eigenvalue weighted by molar-refractivity contribution is 0.0944. The summed E-state index contributed by atoms with van der Waals surface area (Å²) >= 11 is 0. The monoisotopic (exact) mass is 370 g/mol. The molecule has 1 aliphatic rings. The number of aromatic nitrogens is 2. The van der Waals surface area contributed by atoms with Crippen LogP contribution in [0, 0.1) is 0 Å². The molecule has 0 unspecified atom stereocenters. The quantitative estimate of drug-likeness (QED) is 0.712. The Hall–Kier alpha value is -2.34. The van der Waals surface area contributed by atoms with Gasteiger partial charge in [0, 0.05) is 29.9 Å². The second-order valence-electron chi connectivity index (χ2n) is 6.90. The molecule has 0 spiro atoms. The minimum atomic E-state index is -0.118. The van der Waals surface area contributed by atoms with Crippen molar-refractivity contribution in [3.8, 4) is 5.75 Å². The molecule has 0 radical (unpaired) electrons. The van der Waals surface area contributed by atoms with Crippen LogP contribution in [0.2, 0.25) is 0 Å². The normalized spacial score (nSPS) is 13.4. The Labute approximate surface area is 161 Å². The molecule has 0 aliphatic heterocycles. The number of rotatable bonds is 9. The van der Waals surface area contributed by atoms with E-state index in [1.165, 1.54) is 0 Å². The Kier molecular flexibility index (Phi) is 6.87. The van der Waals surface area contributed by atoms with E-state index in [1.54, 1.807) is 0 Å². The third kappa shape index (κ3) is 4.89. The number of nitrogens with one attached hydrogen (secondary N) is 2. The molecule has 0 saturated carbocycles. The molecule has 0 fully saturated rings. The van der Waals surface area contributed by atoms with Gasteiger partial charge in [-0.3, -0.25) is 9.89 Å². The van der Waals surface area contributed by atoms with Crippen LogP contribution in [0.4, 0.5) is 0 Å². The van der Waals surface area contributed by atoms with Crippen molar-refractivity contribution in [2.45, 2.75) is 46.1 Å². The summed E-state index contributed by atoms with van der Waals surface area (Å²) in [6.07, 6.45) is 4.20. The number of H-pyrrole nitrogens is 1. The highest BCUT2D eigenvalue weighted by Crippen LogP contribution is 2.22. The van der Waals surface area contributed by atoms with E-state index >= 15 is 0 Å². The number of amides is 1. The molecule has 1 aromatic carbocycles. The van der Waals surface area contributed by atoms with E-state index in [4.69, 9.17) is 4.74 Å². The molecule has 0 atom stereocenters. The predicted molar refractivity (Wildman–Crippen MR) is 106 cm³/mol. The van der Waals surface area contributed by atoms with Crippen LogP contribution in [0.1, 0.15) is 54.0 Å². The first-order valence-electron chi connectivity index (χ1n) is 10.00. The highest BCUT2D eigenvalue weighted by molar-refractivity contribution is 5.94. The maximum Gasteiger partial charge on any atom is 0.272 e. The van der Waals surface area contributed by atoms with Gasteiger partial charge in [-0.05, 0) is 44.8 Å². The van der Waals surface area contributed by atoms with Crippen LogP contribution < -0.4 is 10.1 Å². The first kappa shape index (κ1) is 19.4. The zero-order chi connectivity index (χ0) is 19.1. The smallest absolute Gasteiger partial charge is 0.272 e. The van der Waals surface area contributed by atoms with Crippen molar-refractivity contribution < 1.29 is 9.53 Å². The van der Waals surface area contributed by atoms with E-state index < -0.39 is 0 Å². The summed E-state index contributed by atoms with van der Waals surface area (Å²) in [4.78, 5) is 14.9. The lowest BCUT2D eigenvalue weighted by atomic mass is 9.96. The molecule has 3 rings (SSSR count). The van der Waals surface area contributed by atoms with Crippen molar-refractivity contribution in [1.82, 2.24) is 20.4 Å². The molecule has 1 amide bonds. The van der Waals surface area contributed by atoms with Gasteiger partial charge < -0.3 is 15.0 Å². The molecule has 6 heteroatoms. The highest BCUT2D eigenvalue weighted by atomic mass is 16.5. The van der Waals surface area contributed by atoms with Crippen molar-refractivity contribution >= 4 is 5.91 Å². The van der Waals surface area contributed by atoms with Gasteiger partial charge in [0.25, 0.3) is 5.91 Å². The first-order valence-corrected chi connectivity index (χ1v) is 10.00. The maximum absolute atomic E-state index is 12.6. The molecule has 146 valence electrons. The van der Waals surface area contributed by atoms with Gasteiger partial charge in [-0.25, -0.2) is 0 Å². The van der Waals surface area contributed by atoms with Gasteiger partial charge in [0.05, 0.1) is 0 Å². The number of hydrogen-bond donors (Lipinski definition) is 2. The minimum absolute atomic E-state index is 0.118. The van der Waals surface area contributed by atoms with Crippen LogP contribution in [0.25, 0.3) is 0 Å². The molecule has 1 heterocycles. The van der Waals surface area contributed by atoms with Crippen LogP contribution in [0.15, 0.2) is 24.3 Å². The average Bonchev–Trinajstić information content (AvgIpc) is 3.14. The fraction of sp³-hybridized carbons (Fsp3) is 0.524. The van der Waals surface area contributed by atoms with Gasteiger partial charge in [-0.2, -0.15) is 5.10 Å². The van der Waals surface area contributed by atoms with Gasteiger partial charge in [0.1, 0.15) is 12.4 Å². The van der Waals surface area contributed by atoms with Crippen LogP contribution in [0.5, 0.6) is 5.75 Å². The lowest BCUT2D eigenvalue weighted by Gasteiger charge is -2.19. The zero-order valence-electron chi connectivity index (χ0n) is 16.4. The first-order chi connectivity index (χ1) is 13.2. The standard InChI is InChI=1S/C21H30N4O2/c1-3-25(4-2)13-14-27-19-12-8-5-9-16(19)15-22-21(26)20-17-10-6-7-11-18(17)23-24-20/h5,8-9,12H,3-4,6-7,10-11,13-15H2,1-2H3,(H,22,26)(H,23,24). The molecular formula is C21H30N4O2. The molecular weight excluding hydrogens is 340 g/mol. The third-order valence-electron chi connectivity index (χ3n) is 5.24. The molecule has 0 saturated heterocycles. The molecule has 27 heavy (non-hydrogen) atoms. The van der Waals surface area contributed by atoms with Crippen LogP contribution >= 0.6 is 0 Å². The predicted octanol–water partition coefficient (Wildman–Crippen LogP) is 2.94. The van der Waals surface area contributed by atoms with Gasteiger partial charge in [0.15, 0.2) is 5.69 Å². The van der Waals surface area contributed by atoms with Crippen LogP contribution in [-0.4, -0.2) is 47.2 Å². The number of benzene rings is 1. The Bertz CT molecular complexity index is 752. The molecule has 6 nitrogen and oxygen atoms in total. The SMILES string of the molecule is CCN(CC)CCOc1ccccc1CNC(=O)c1n[nH]c2c1CCCC2. The summed E-state index contributed by atoms with van der Waals surface area (Å²) in [6.45, 7) is 8.31. The van der Waals surface area contributed by atoms with Gasteiger partial charge in [-0.1, -0.05) is 32.0 Å². The second-order valence-corrected chi connectivity index (χ2v) is 6.90. The zero-order valence-corrected chi connectivity index (χ0v) is 16.4. The Morgan fingerprint density at radius 3 is 2.81 bits per heavy atom. The van der Waals surface area contributed by atoms with E-state index in [1.807, 2.05) is 24.3 Å². The number of hydrogen-bond acceptors (Lipinski definition) is 4. The van der Waals surface area contributed by atoms with E-state index in [-0.39, 0.29) is 5.91 Å². The number of para-hydroxylation sites is 1. The number of aryl methyl sites for hydroxylation is 1. The van der Waals surface area contributed by atoms with Gasteiger partial charge in [0.2, 0.25) is 0 Å². The molecule has 2 N–H and O–H groups in total. The van der Waals surface area contributed by atoms with E-state index in [9.17, 15) is 4.79 Å². The summed E-state index contributed by atoms with van der Waals surface area (Å²) in [5.74, 6) is 0.710. The average molecular weight is 370 g/mol. The number of aromatic amines is 1. The summed E-state index contributed by atoms with van der Waals surface area (Å²) in [6, 6.07) is 7.88. The fourth-order valence-corrected chi connectivity index (χ4v) is 3.54. The largest absolute Gasteiger partial charge is 0.492 e. The van der Waals surface area contributed by atoms with Crippen molar-refractivity contribution in [3.05, 3.63) is 46.8 Å².